The molecule has 1 aromatic carbocycles. The van der Waals surface area contributed by atoms with Crippen LogP contribution in [0.4, 0.5) is 4.79 Å². The molecule has 0 radical (unpaired) electrons. The lowest BCUT2D eigenvalue weighted by molar-refractivity contribution is -0.119. The fourth-order valence-corrected chi connectivity index (χ4v) is 3.02. The Balaban J connectivity index is 2.10. The number of benzene rings is 1. The first-order valence-electron chi connectivity index (χ1n) is 8.14. The van der Waals surface area contributed by atoms with E-state index in [4.69, 9.17) is 4.74 Å². The van der Waals surface area contributed by atoms with Crippen molar-refractivity contribution in [3.05, 3.63) is 24.3 Å². The van der Waals surface area contributed by atoms with Gasteiger partial charge in [-0.3, -0.25) is 10.1 Å². The van der Waals surface area contributed by atoms with Gasteiger partial charge in [-0.25, -0.2) is 4.79 Å². The van der Waals surface area contributed by atoms with Gasteiger partial charge in [-0.15, -0.1) is 10.2 Å². The molecule has 8 nitrogen and oxygen atoms in total. The molecular formula is C17H23N5O3S. The number of ether oxygens (including phenoxy) is 1. The molecule has 0 aliphatic rings. The van der Waals surface area contributed by atoms with E-state index in [1.807, 2.05) is 45.2 Å². The highest BCUT2D eigenvalue weighted by atomic mass is 32.2. The van der Waals surface area contributed by atoms with E-state index in [0.29, 0.717) is 16.7 Å². The third-order valence-electron chi connectivity index (χ3n) is 3.49. The number of urea groups is 1. The third-order valence-corrected chi connectivity index (χ3v) is 4.62. The van der Waals surface area contributed by atoms with Gasteiger partial charge in [0.15, 0.2) is 11.0 Å². The molecule has 2 rings (SSSR count). The summed E-state index contributed by atoms with van der Waals surface area (Å²) in [5.41, 5.74) is 0.810. The van der Waals surface area contributed by atoms with Gasteiger partial charge in [0.1, 0.15) is 5.75 Å². The van der Waals surface area contributed by atoms with Crippen molar-refractivity contribution in [2.45, 2.75) is 37.2 Å². The van der Waals surface area contributed by atoms with E-state index in [9.17, 15) is 9.59 Å². The first kappa shape index (κ1) is 19.8. The predicted octanol–water partition coefficient (Wildman–Crippen LogP) is 2.21. The summed E-state index contributed by atoms with van der Waals surface area (Å²) in [6, 6.07) is 6.95. The lowest BCUT2D eigenvalue weighted by Gasteiger charge is -2.13. The van der Waals surface area contributed by atoms with Gasteiger partial charge in [-0.1, -0.05) is 23.9 Å². The Morgan fingerprint density at radius 3 is 2.54 bits per heavy atom. The standard InChI is InChI=1S/C17H23N5O3S/c1-10(2)18-16(24)19-15(23)11(3)26-17-21-20-14(22(17)4)12-8-6-7-9-13(12)25-5/h6-11H,1-5H3,(H2,18,19,23,24)/t11-/m1/s1. The topological polar surface area (TPSA) is 98.1 Å². The van der Waals surface area contributed by atoms with Crippen molar-refractivity contribution in [1.82, 2.24) is 25.4 Å². The van der Waals surface area contributed by atoms with E-state index in [-0.39, 0.29) is 6.04 Å². The zero-order valence-electron chi connectivity index (χ0n) is 15.4. The number of carbonyl (C=O) groups excluding carboxylic acids is 2. The molecule has 0 saturated carbocycles. The molecule has 26 heavy (non-hydrogen) atoms. The molecule has 0 aliphatic heterocycles. The zero-order valence-corrected chi connectivity index (χ0v) is 16.3. The first-order chi connectivity index (χ1) is 12.3. The molecule has 0 aliphatic carbocycles. The molecule has 0 fully saturated rings. The number of carbonyl (C=O) groups is 2. The number of aromatic nitrogens is 3. The van der Waals surface area contributed by atoms with Crippen LogP contribution < -0.4 is 15.4 Å². The van der Waals surface area contributed by atoms with Gasteiger partial charge >= 0.3 is 6.03 Å². The summed E-state index contributed by atoms with van der Waals surface area (Å²) in [4.78, 5) is 23.8. The van der Waals surface area contributed by atoms with Crippen LogP contribution in [0.15, 0.2) is 29.4 Å². The normalized spacial score (nSPS) is 11.9. The fourth-order valence-electron chi connectivity index (χ4n) is 2.20. The summed E-state index contributed by atoms with van der Waals surface area (Å²) in [6.45, 7) is 5.35. The zero-order chi connectivity index (χ0) is 19.3. The van der Waals surface area contributed by atoms with E-state index >= 15 is 0 Å². The molecule has 140 valence electrons. The summed E-state index contributed by atoms with van der Waals surface area (Å²) in [7, 11) is 3.42. The van der Waals surface area contributed by atoms with E-state index in [1.54, 1.807) is 18.6 Å². The van der Waals surface area contributed by atoms with E-state index in [2.05, 4.69) is 20.8 Å². The Morgan fingerprint density at radius 2 is 1.88 bits per heavy atom. The molecular weight excluding hydrogens is 354 g/mol. The Labute approximate surface area is 156 Å². The number of para-hydroxylation sites is 1. The second-order valence-electron chi connectivity index (χ2n) is 5.94. The average molecular weight is 377 g/mol. The maximum atomic E-state index is 12.2. The molecule has 1 atom stereocenters. The van der Waals surface area contributed by atoms with Crippen molar-refractivity contribution >= 4 is 23.7 Å². The highest BCUT2D eigenvalue weighted by Crippen LogP contribution is 2.31. The average Bonchev–Trinajstić information content (AvgIpc) is 2.94. The maximum Gasteiger partial charge on any atom is 0.321 e. The number of thioether (sulfide) groups is 1. The molecule has 2 aromatic rings. The SMILES string of the molecule is COc1ccccc1-c1nnc(S[C@H](C)C(=O)NC(=O)NC(C)C)n1C. The molecule has 0 bridgehead atoms. The van der Waals surface area contributed by atoms with Crippen molar-refractivity contribution in [3.63, 3.8) is 0 Å². The predicted molar refractivity (Wildman–Crippen MR) is 100 cm³/mol. The Morgan fingerprint density at radius 1 is 1.19 bits per heavy atom. The largest absolute Gasteiger partial charge is 0.496 e. The van der Waals surface area contributed by atoms with Crippen molar-refractivity contribution in [1.29, 1.82) is 0 Å². The highest BCUT2D eigenvalue weighted by Gasteiger charge is 2.22. The number of nitrogens with zero attached hydrogens (tertiary/aromatic N) is 3. The molecule has 0 spiro atoms. The van der Waals surface area contributed by atoms with Crippen molar-refractivity contribution in [2.75, 3.05) is 7.11 Å². The van der Waals surface area contributed by atoms with Gasteiger partial charge in [-0.2, -0.15) is 0 Å². The molecule has 1 heterocycles. The van der Waals surface area contributed by atoms with Crippen LogP contribution in [-0.2, 0) is 11.8 Å². The Bertz CT molecular complexity index is 790. The monoisotopic (exact) mass is 377 g/mol. The van der Waals surface area contributed by atoms with Crippen LogP contribution in [0.2, 0.25) is 0 Å². The number of hydrogen-bond donors (Lipinski definition) is 2. The summed E-state index contributed by atoms with van der Waals surface area (Å²) in [5, 5.41) is 13.4. The molecule has 0 unspecified atom stereocenters. The number of amides is 3. The number of imide groups is 1. The molecule has 9 heteroatoms. The van der Waals surface area contributed by atoms with Crippen LogP contribution >= 0.6 is 11.8 Å². The van der Waals surface area contributed by atoms with E-state index in [1.165, 1.54) is 11.8 Å². The maximum absolute atomic E-state index is 12.2. The lowest BCUT2D eigenvalue weighted by Crippen LogP contribution is -2.45. The van der Waals surface area contributed by atoms with E-state index < -0.39 is 17.2 Å². The first-order valence-corrected chi connectivity index (χ1v) is 9.02. The van der Waals surface area contributed by atoms with Gasteiger partial charge in [-0.05, 0) is 32.9 Å². The molecule has 0 saturated heterocycles. The van der Waals surface area contributed by atoms with Crippen molar-refractivity contribution in [3.8, 4) is 17.1 Å². The summed E-state index contributed by atoms with van der Waals surface area (Å²) in [5.74, 6) is 0.931. The van der Waals surface area contributed by atoms with Crippen molar-refractivity contribution < 1.29 is 14.3 Å². The van der Waals surface area contributed by atoms with Gasteiger partial charge < -0.3 is 14.6 Å². The second-order valence-corrected chi connectivity index (χ2v) is 7.25. The van der Waals surface area contributed by atoms with Crippen LogP contribution in [0.3, 0.4) is 0 Å². The minimum Gasteiger partial charge on any atom is -0.496 e. The van der Waals surface area contributed by atoms with Gasteiger partial charge in [0, 0.05) is 13.1 Å². The fraction of sp³-hybridized carbons (Fsp3) is 0.412. The lowest BCUT2D eigenvalue weighted by atomic mass is 10.2. The van der Waals surface area contributed by atoms with Gasteiger partial charge in [0.05, 0.1) is 17.9 Å². The molecule has 1 aromatic heterocycles. The van der Waals surface area contributed by atoms with E-state index in [0.717, 1.165) is 5.56 Å². The molecule has 2 N–H and O–H groups in total. The summed E-state index contributed by atoms with van der Waals surface area (Å²) >= 11 is 1.22. The highest BCUT2D eigenvalue weighted by molar-refractivity contribution is 8.00. The van der Waals surface area contributed by atoms with Crippen molar-refractivity contribution in [2.24, 2.45) is 7.05 Å². The third kappa shape index (κ3) is 4.75. The van der Waals surface area contributed by atoms with Gasteiger partial charge in [0.2, 0.25) is 5.91 Å². The molecule has 3 amide bonds. The number of methoxy groups -OCH3 is 1. The summed E-state index contributed by atoms with van der Waals surface area (Å²) in [6.07, 6.45) is 0. The number of nitrogens with one attached hydrogen (secondary N) is 2. The number of hydrogen-bond acceptors (Lipinski definition) is 6. The van der Waals surface area contributed by atoms with Crippen LogP contribution in [0, 0.1) is 0 Å². The van der Waals surface area contributed by atoms with Crippen LogP contribution in [0.5, 0.6) is 5.75 Å². The summed E-state index contributed by atoms with van der Waals surface area (Å²) < 4.78 is 7.15. The second kappa shape index (κ2) is 8.70. The van der Waals surface area contributed by atoms with Crippen LogP contribution in [0.1, 0.15) is 20.8 Å². The quantitative estimate of drug-likeness (QED) is 0.749. The smallest absolute Gasteiger partial charge is 0.321 e. The van der Waals surface area contributed by atoms with Gasteiger partial charge in [0.25, 0.3) is 0 Å². The minimum absolute atomic E-state index is 0.0482. The van der Waals surface area contributed by atoms with Crippen LogP contribution in [0.25, 0.3) is 11.4 Å². The number of rotatable bonds is 6. The van der Waals surface area contributed by atoms with Crippen LogP contribution in [-0.4, -0.2) is 45.1 Å². The Kier molecular flexibility index (Phi) is 6.62. The minimum atomic E-state index is -0.513. The Hall–Kier alpha value is -2.55.